The van der Waals surface area contributed by atoms with E-state index in [1.807, 2.05) is 0 Å². The Kier molecular flexibility index (Phi) is 3.57. The maximum atomic E-state index is 11.2. The summed E-state index contributed by atoms with van der Waals surface area (Å²) in [5.74, 6) is 0.0722. The van der Waals surface area contributed by atoms with Gasteiger partial charge >= 0.3 is 5.97 Å². The number of carboxylic acids is 1. The first-order valence-corrected chi connectivity index (χ1v) is 5.44. The Morgan fingerprint density at radius 2 is 2.11 bits per heavy atom. The Bertz CT molecular complexity index is 456. The van der Waals surface area contributed by atoms with Crippen LogP contribution in [0.15, 0.2) is 12.1 Å². The lowest BCUT2D eigenvalue weighted by Gasteiger charge is -2.15. The number of aromatic carboxylic acids is 1. The number of benzene rings is 1. The van der Waals surface area contributed by atoms with E-state index in [4.69, 9.17) is 24.1 Å². The molecule has 1 aliphatic heterocycles. The van der Waals surface area contributed by atoms with Gasteiger partial charge in [-0.2, -0.15) is 0 Å². The molecule has 6 heteroatoms. The third kappa shape index (κ3) is 2.48. The molecule has 6 nitrogen and oxygen atoms in total. The number of methoxy groups -OCH3 is 1. The van der Waals surface area contributed by atoms with Gasteiger partial charge in [0.25, 0.3) is 0 Å². The maximum absolute atomic E-state index is 11.2. The van der Waals surface area contributed by atoms with Gasteiger partial charge in [0.15, 0.2) is 11.5 Å². The Labute approximate surface area is 104 Å². The smallest absolute Gasteiger partial charge is 0.339 e. The van der Waals surface area contributed by atoms with Gasteiger partial charge in [-0.25, -0.2) is 4.79 Å². The van der Waals surface area contributed by atoms with Crippen molar-refractivity contribution in [2.24, 2.45) is 0 Å². The second-order valence-corrected chi connectivity index (χ2v) is 3.89. The average molecular weight is 254 g/mol. The molecule has 18 heavy (non-hydrogen) atoms. The highest BCUT2D eigenvalue weighted by Gasteiger charge is 2.22. The summed E-state index contributed by atoms with van der Waals surface area (Å²) >= 11 is 0. The standard InChI is InChI=1S/C12H14O6/c1-7(5-15-2)18-9-4-11-10(16-6-17-11)3-8(9)12(13)14/h3-4,7H,5-6H2,1-2H3,(H,13,14). The molecule has 1 aromatic carbocycles. The number of hydrogen-bond donors (Lipinski definition) is 1. The first-order valence-electron chi connectivity index (χ1n) is 5.44. The van der Waals surface area contributed by atoms with Gasteiger partial charge in [-0.1, -0.05) is 0 Å². The summed E-state index contributed by atoms with van der Waals surface area (Å²) in [5.41, 5.74) is 0.0437. The Morgan fingerprint density at radius 1 is 1.44 bits per heavy atom. The van der Waals surface area contributed by atoms with E-state index in [-0.39, 0.29) is 24.2 Å². The summed E-state index contributed by atoms with van der Waals surface area (Å²) in [7, 11) is 1.55. The minimum Gasteiger partial charge on any atom is -0.487 e. The molecule has 1 N–H and O–H groups in total. The van der Waals surface area contributed by atoms with Crippen molar-refractivity contribution in [1.82, 2.24) is 0 Å². The third-order valence-corrected chi connectivity index (χ3v) is 2.43. The predicted octanol–water partition coefficient (Wildman–Crippen LogP) is 1.53. The van der Waals surface area contributed by atoms with E-state index >= 15 is 0 Å². The number of carbonyl (C=O) groups is 1. The molecule has 0 radical (unpaired) electrons. The van der Waals surface area contributed by atoms with E-state index in [2.05, 4.69) is 0 Å². The van der Waals surface area contributed by atoms with Crippen LogP contribution in [0.3, 0.4) is 0 Å². The van der Waals surface area contributed by atoms with Crippen LogP contribution in [0.5, 0.6) is 17.2 Å². The number of ether oxygens (including phenoxy) is 4. The summed E-state index contributed by atoms with van der Waals surface area (Å²) < 4.78 is 20.8. The zero-order valence-electron chi connectivity index (χ0n) is 10.1. The first kappa shape index (κ1) is 12.5. The lowest BCUT2D eigenvalue weighted by atomic mass is 10.1. The summed E-state index contributed by atoms with van der Waals surface area (Å²) in [6.45, 7) is 2.25. The topological polar surface area (TPSA) is 74.2 Å². The van der Waals surface area contributed by atoms with Crippen LogP contribution < -0.4 is 14.2 Å². The maximum Gasteiger partial charge on any atom is 0.339 e. The molecule has 1 atom stereocenters. The average Bonchev–Trinajstić information content (AvgIpc) is 2.74. The van der Waals surface area contributed by atoms with E-state index in [1.165, 1.54) is 12.1 Å². The molecule has 1 aliphatic rings. The van der Waals surface area contributed by atoms with Gasteiger partial charge in [0.05, 0.1) is 6.61 Å². The summed E-state index contributed by atoms with van der Waals surface area (Å²) in [6, 6.07) is 2.93. The molecule has 0 spiro atoms. The van der Waals surface area contributed by atoms with Crippen molar-refractivity contribution < 1.29 is 28.8 Å². The largest absolute Gasteiger partial charge is 0.487 e. The van der Waals surface area contributed by atoms with Crippen LogP contribution in [0.25, 0.3) is 0 Å². The SMILES string of the molecule is COCC(C)Oc1cc2c(cc1C(=O)O)OCO2. The molecule has 2 rings (SSSR count). The quantitative estimate of drug-likeness (QED) is 0.858. The highest BCUT2D eigenvalue weighted by Crippen LogP contribution is 2.38. The molecule has 0 saturated carbocycles. The van der Waals surface area contributed by atoms with Crippen LogP contribution in [-0.4, -0.2) is 37.7 Å². The van der Waals surface area contributed by atoms with E-state index in [0.29, 0.717) is 18.1 Å². The molecule has 0 aliphatic carbocycles. The molecular formula is C12H14O6. The van der Waals surface area contributed by atoms with Crippen molar-refractivity contribution in [3.05, 3.63) is 17.7 Å². The third-order valence-electron chi connectivity index (χ3n) is 2.43. The van der Waals surface area contributed by atoms with Gasteiger partial charge in [0, 0.05) is 19.2 Å². The molecular weight excluding hydrogens is 240 g/mol. The fourth-order valence-electron chi connectivity index (χ4n) is 1.67. The van der Waals surface area contributed by atoms with Crippen molar-refractivity contribution in [1.29, 1.82) is 0 Å². The minimum atomic E-state index is -1.08. The van der Waals surface area contributed by atoms with Crippen LogP contribution in [0.4, 0.5) is 0 Å². The highest BCUT2D eigenvalue weighted by atomic mass is 16.7. The van der Waals surface area contributed by atoms with Crippen LogP contribution >= 0.6 is 0 Å². The fourth-order valence-corrected chi connectivity index (χ4v) is 1.67. The second kappa shape index (κ2) is 5.14. The van der Waals surface area contributed by atoms with E-state index in [0.717, 1.165) is 0 Å². The van der Waals surface area contributed by atoms with Crippen LogP contribution in [0, 0.1) is 0 Å². The van der Waals surface area contributed by atoms with Gasteiger partial charge < -0.3 is 24.1 Å². The van der Waals surface area contributed by atoms with Crippen LogP contribution in [-0.2, 0) is 4.74 Å². The van der Waals surface area contributed by atoms with Gasteiger partial charge in [0.2, 0.25) is 6.79 Å². The van der Waals surface area contributed by atoms with E-state index in [9.17, 15) is 4.79 Å². The van der Waals surface area contributed by atoms with E-state index < -0.39 is 5.97 Å². The fraction of sp³-hybridized carbons (Fsp3) is 0.417. The number of fused-ring (bicyclic) bond motifs is 1. The van der Waals surface area contributed by atoms with Gasteiger partial charge in [-0.05, 0) is 6.92 Å². The lowest BCUT2D eigenvalue weighted by Crippen LogP contribution is -2.19. The Balaban J connectivity index is 2.29. The molecule has 0 amide bonds. The zero-order valence-corrected chi connectivity index (χ0v) is 10.1. The predicted molar refractivity (Wildman–Crippen MR) is 61.5 cm³/mol. The Morgan fingerprint density at radius 3 is 2.72 bits per heavy atom. The molecule has 98 valence electrons. The normalized spacial score (nSPS) is 14.3. The number of carboxylic acid groups (broad SMARTS) is 1. The molecule has 1 heterocycles. The van der Waals surface area contributed by atoms with Gasteiger partial charge in [-0.15, -0.1) is 0 Å². The van der Waals surface area contributed by atoms with Gasteiger partial charge in [-0.3, -0.25) is 0 Å². The molecule has 0 saturated heterocycles. The minimum absolute atomic E-state index is 0.0437. The van der Waals surface area contributed by atoms with Crippen molar-refractivity contribution in [2.75, 3.05) is 20.5 Å². The lowest BCUT2D eigenvalue weighted by molar-refractivity contribution is 0.0673. The van der Waals surface area contributed by atoms with Crippen LogP contribution in [0.2, 0.25) is 0 Å². The summed E-state index contributed by atoms with van der Waals surface area (Å²) in [4.78, 5) is 11.2. The summed E-state index contributed by atoms with van der Waals surface area (Å²) in [5, 5.41) is 9.13. The first-order chi connectivity index (χ1) is 8.61. The Hall–Kier alpha value is -1.95. The van der Waals surface area contributed by atoms with Crippen molar-refractivity contribution in [3.63, 3.8) is 0 Å². The number of hydrogen-bond acceptors (Lipinski definition) is 5. The molecule has 0 bridgehead atoms. The van der Waals surface area contributed by atoms with E-state index in [1.54, 1.807) is 14.0 Å². The van der Waals surface area contributed by atoms with Crippen molar-refractivity contribution in [3.8, 4) is 17.2 Å². The molecule has 1 aromatic rings. The molecule has 0 aromatic heterocycles. The molecule has 0 fully saturated rings. The van der Waals surface area contributed by atoms with Crippen molar-refractivity contribution in [2.45, 2.75) is 13.0 Å². The molecule has 1 unspecified atom stereocenters. The highest BCUT2D eigenvalue weighted by molar-refractivity contribution is 5.92. The van der Waals surface area contributed by atoms with Crippen LogP contribution in [0.1, 0.15) is 17.3 Å². The van der Waals surface area contributed by atoms with Gasteiger partial charge in [0.1, 0.15) is 17.4 Å². The number of rotatable bonds is 5. The zero-order chi connectivity index (χ0) is 13.1. The summed E-state index contributed by atoms with van der Waals surface area (Å²) in [6.07, 6.45) is -0.256. The second-order valence-electron chi connectivity index (χ2n) is 3.89. The van der Waals surface area contributed by atoms with Crippen molar-refractivity contribution >= 4 is 5.97 Å². The monoisotopic (exact) mass is 254 g/mol.